The summed E-state index contributed by atoms with van der Waals surface area (Å²) in [5.74, 6) is 0.526. The first-order valence-electron chi connectivity index (χ1n) is 7.17. The Balaban J connectivity index is 0.000000235. The van der Waals surface area contributed by atoms with Gasteiger partial charge in [0.05, 0.1) is 11.9 Å². The molecule has 0 N–H and O–H groups in total. The van der Waals surface area contributed by atoms with Gasteiger partial charge in [0.25, 0.3) is 0 Å². The van der Waals surface area contributed by atoms with Crippen molar-refractivity contribution in [1.29, 1.82) is 0 Å². The Bertz CT molecular complexity index is 630. The van der Waals surface area contributed by atoms with Gasteiger partial charge in [-0.2, -0.15) is 0 Å². The van der Waals surface area contributed by atoms with Crippen molar-refractivity contribution in [3.63, 3.8) is 0 Å². The molecule has 0 aliphatic rings. The summed E-state index contributed by atoms with van der Waals surface area (Å²) in [5, 5.41) is 0.467. The summed E-state index contributed by atoms with van der Waals surface area (Å²) in [6, 6.07) is 13.7. The number of benzene rings is 2. The standard InChI is InChI=1S/C9H10O3P.C9H12/c1-2-12-8-5-3-4-6-9(8)13(11)7-10;1-7-5-4-6-8(2)9(7)3/h3-7H,2H2,1H3;4-6H,1-3H3. The van der Waals surface area contributed by atoms with E-state index in [1.54, 1.807) is 24.3 Å². The lowest BCUT2D eigenvalue weighted by Gasteiger charge is -2.05. The number of rotatable bonds is 4. The molecular weight excluding hydrogens is 295 g/mol. The molecule has 2 aromatic carbocycles. The molecule has 0 aromatic heterocycles. The number of aryl methyl sites for hydroxylation is 2. The SMILES string of the molecule is CCOc1ccccc1[P](=O)C=O.Cc1cccc(C)c1C. The van der Waals surface area contributed by atoms with Crippen LogP contribution in [0.1, 0.15) is 23.6 Å². The smallest absolute Gasteiger partial charge is 0.203 e. The average Bonchev–Trinajstić information content (AvgIpc) is 2.53. The molecule has 0 heterocycles. The second-order valence-corrected chi connectivity index (χ2v) is 6.19. The maximum Gasteiger partial charge on any atom is 0.203 e. The van der Waals surface area contributed by atoms with Crippen molar-refractivity contribution in [3.05, 3.63) is 59.2 Å². The van der Waals surface area contributed by atoms with E-state index in [0.717, 1.165) is 0 Å². The molecule has 0 saturated heterocycles. The molecule has 2 aromatic rings. The monoisotopic (exact) mass is 317 g/mol. The third-order valence-corrected chi connectivity index (χ3v) is 4.41. The van der Waals surface area contributed by atoms with Crippen molar-refractivity contribution in [3.8, 4) is 5.75 Å². The molecule has 1 unspecified atom stereocenters. The lowest BCUT2D eigenvalue weighted by molar-refractivity contribution is 0.343. The van der Waals surface area contributed by atoms with Crippen LogP contribution >= 0.6 is 7.80 Å². The number of hydrogen-bond acceptors (Lipinski definition) is 3. The van der Waals surface area contributed by atoms with Crippen LogP contribution in [0, 0.1) is 20.8 Å². The van der Waals surface area contributed by atoms with Crippen LogP contribution < -0.4 is 10.0 Å². The summed E-state index contributed by atoms with van der Waals surface area (Å²) >= 11 is 0. The third-order valence-electron chi connectivity index (χ3n) is 3.37. The minimum Gasteiger partial charge on any atom is -0.493 e. The fraction of sp³-hybridized carbons (Fsp3) is 0.278. The Morgan fingerprint density at radius 1 is 1.00 bits per heavy atom. The maximum absolute atomic E-state index is 11.2. The lowest BCUT2D eigenvalue weighted by Crippen LogP contribution is -2.04. The van der Waals surface area contributed by atoms with Crippen molar-refractivity contribution in [2.24, 2.45) is 0 Å². The van der Waals surface area contributed by atoms with Gasteiger partial charge < -0.3 is 4.74 Å². The average molecular weight is 317 g/mol. The molecule has 0 aliphatic carbocycles. The number of carbonyl (C=O) groups excluding carboxylic acids is 1. The third kappa shape index (κ3) is 5.09. The zero-order valence-electron chi connectivity index (χ0n) is 13.5. The number of carbonyl (C=O) groups is 1. The Hall–Kier alpha value is -1.99. The molecule has 2 rings (SSSR count). The van der Waals surface area contributed by atoms with E-state index < -0.39 is 7.80 Å². The van der Waals surface area contributed by atoms with Crippen LogP contribution in [0.2, 0.25) is 0 Å². The van der Waals surface area contributed by atoms with E-state index >= 15 is 0 Å². The molecule has 22 heavy (non-hydrogen) atoms. The van der Waals surface area contributed by atoms with Crippen molar-refractivity contribution < 1.29 is 14.1 Å². The van der Waals surface area contributed by atoms with E-state index in [-0.39, 0.29) is 0 Å². The topological polar surface area (TPSA) is 43.4 Å². The van der Waals surface area contributed by atoms with Crippen molar-refractivity contribution in [2.75, 3.05) is 6.61 Å². The van der Waals surface area contributed by atoms with Crippen molar-refractivity contribution in [1.82, 2.24) is 0 Å². The summed E-state index contributed by atoms with van der Waals surface area (Å²) in [4.78, 5) is 10.3. The molecule has 117 valence electrons. The zero-order valence-corrected chi connectivity index (χ0v) is 14.4. The van der Waals surface area contributed by atoms with Gasteiger partial charge in [0.2, 0.25) is 6.03 Å². The van der Waals surface area contributed by atoms with Crippen LogP contribution in [-0.2, 0) is 9.36 Å². The summed E-state index contributed by atoms with van der Waals surface area (Å²) in [5.41, 5.74) is 4.18. The van der Waals surface area contributed by atoms with E-state index in [0.29, 0.717) is 23.7 Å². The highest BCUT2D eigenvalue weighted by molar-refractivity contribution is 7.68. The molecule has 0 bridgehead atoms. The van der Waals surface area contributed by atoms with Crippen LogP contribution in [0.25, 0.3) is 0 Å². The predicted octanol–water partition coefficient (Wildman–Crippen LogP) is 4.34. The van der Waals surface area contributed by atoms with Crippen LogP contribution in [0.15, 0.2) is 42.5 Å². The van der Waals surface area contributed by atoms with Crippen LogP contribution in [0.3, 0.4) is 0 Å². The van der Waals surface area contributed by atoms with E-state index in [9.17, 15) is 9.36 Å². The predicted molar refractivity (Wildman–Crippen MR) is 92.3 cm³/mol. The lowest BCUT2D eigenvalue weighted by atomic mass is 10.1. The van der Waals surface area contributed by atoms with E-state index in [1.807, 2.05) is 6.92 Å². The Labute approximate surface area is 133 Å². The van der Waals surface area contributed by atoms with Crippen LogP contribution in [0.5, 0.6) is 5.75 Å². The summed E-state index contributed by atoms with van der Waals surface area (Å²) in [6.07, 6.45) is 0. The normalized spacial score (nSPS) is 10.3. The highest BCUT2D eigenvalue weighted by atomic mass is 31.1. The van der Waals surface area contributed by atoms with Gasteiger partial charge in [-0.1, -0.05) is 30.3 Å². The van der Waals surface area contributed by atoms with Gasteiger partial charge in [-0.05, 0) is 56.5 Å². The molecule has 4 heteroatoms. The summed E-state index contributed by atoms with van der Waals surface area (Å²) < 4.78 is 16.4. The number of para-hydroxylation sites is 1. The molecular formula is C18H22O3P. The first-order valence-corrected chi connectivity index (χ1v) is 8.50. The van der Waals surface area contributed by atoms with E-state index in [4.69, 9.17) is 4.74 Å². The Kier molecular flexibility index (Phi) is 7.48. The van der Waals surface area contributed by atoms with Crippen LogP contribution in [0.4, 0.5) is 0 Å². The van der Waals surface area contributed by atoms with Gasteiger partial charge in [-0.3, -0.25) is 9.36 Å². The van der Waals surface area contributed by atoms with Crippen LogP contribution in [-0.4, -0.2) is 12.6 Å². The molecule has 0 saturated carbocycles. The molecule has 0 spiro atoms. The molecule has 0 amide bonds. The Morgan fingerprint density at radius 3 is 2.09 bits per heavy atom. The van der Waals surface area contributed by atoms with E-state index in [2.05, 4.69) is 39.0 Å². The second-order valence-electron chi connectivity index (χ2n) is 4.85. The first-order chi connectivity index (χ1) is 10.5. The second kappa shape index (κ2) is 9.11. The summed E-state index contributed by atoms with van der Waals surface area (Å²) in [7, 11) is -1.96. The van der Waals surface area contributed by atoms with Gasteiger partial charge in [-0.25, -0.2) is 0 Å². The largest absolute Gasteiger partial charge is 0.493 e. The zero-order chi connectivity index (χ0) is 16.5. The van der Waals surface area contributed by atoms with Gasteiger partial charge in [0.1, 0.15) is 5.75 Å². The molecule has 1 radical (unpaired) electrons. The van der Waals surface area contributed by atoms with Gasteiger partial charge >= 0.3 is 0 Å². The van der Waals surface area contributed by atoms with E-state index in [1.165, 1.54) is 16.7 Å². The van der Waals surface area contributed by atoms with Gasteiger partial charge in [-0.15, -0.1) is 0 Å². The molecule has 1 atom stereocenters. The van der Waals surface area contributed by atoms with Gasteiger partial charge in [0, 0.05) is 0 Å². The number of ether oxygens (including phenoxy) is 1. The first kappa shape index (κ1) is 18.1. The minimum atomic E-state index is -1.96. The maximum atomic E-state index is 11.2. The molecule has 3 nitrogen and oxygen atoms in total. The minimum absolute atomic E-state index is 0.438. The fourth-order valence-electron chi connectivity index (χ4n) is 1.87. The van der Waals surface area contributed by atoms with Crippen molar-refractivity contribution in [2.45, 2.75) is 27.7 Å². The fourth-order valence-corrected chi connectivity index (χ4v) is 2.57. The molecule has 0 aliphatic heterocycles. The Morgan fingerprint density at radius 2 is 1.59 bits per heavy atom. The molecule has 0 fully saturated rings. The number of hydrogen-bond donors (Lipinski definition) is 0. The highest BCUT2D eigenvalue weighted by Gasteiger charge is 2.08. The highest BCUT2D eigenvalue weighted by Crippen LogP contribution is 2.22. The quantitative estimate of drug-likeness (QED) is 0.622. The van der Waals surface area contributed by atoms with Gasteiger partial charge in [0.15, 0.2) is 7.80 Å². The van der Waals surface area contributed by atoms with Crippen molar-refractivity contribution >= 4 is 19.1 Å². The summed E-state index contributed by atoms with van der Waals surface area (Å²) in [6.45, 7) is 8.78.